The molecule has 0 aliphatic carbocycles. The molecule has 0 spiro atoms. The minimum atomic E-state index is -6.05. The number of nitrogen functional groups attached to an aromatic ring is 1. The molecule has 4 aromatic carbocycles. The number of hydrogen-bond acceptors (Lipinski definition) is 9. The molecule has 5 amide bonds. The lowest BCUT2D eigenvalue weighted by molar-refractivity contribution is -0.288. The molecular weight excluding hydrogens is 835 g/mol. The van der Waals surface area contributed by atoms with Crippen LogP contribution in [0.5, 0.6) is 0 Å². The maximum atomic E-state index is 15.1. The SMILES string of the molecule is Cc1ccc(CC(=O)c2ccc3c(c2)C(=O)N(c2ccc(C(c4ccc(N5C(=O)c6ccc(C(=O)Nc7ccc(N)cn7)cc6C5=O)cc4)(C(F)(F)F)C(F)(F)F)cc2)C3=O)nc1. The average molecular weight is 863 g/mol. The third-order valence-corrected chi connectivity index (χ3v) is 10.7. The highest BCUT2D eigenvalue weighted by atomic mass is 19.4. The van der Waals surface area contributed by atoms with Gasteiger partial charge in [0.1, 0.15) is 5.82 Å². The predicted molar refractivity (Wildman–Crippen MR) is 215 cm³/mol. The minimum absolute atomic E-state index is 0.0620. The fourth-order valence-electron chi connectivity index (χ4n) is 7.51. The summed E-state index contributed by atoms with van der Waals surface area (Å²) < 4.78 is 90.8. The van der Waals surface area contributed by atoms with Gasteiger partial charge < -0.3 is 11.1 Å². The second-order valence-corrected chi connectivity index (χ2v) is 14.6. The molecule has 63 heavy (non-hydrogen) atoms. The van der Waals surface area contributed by atoms with Gasteiger partial charge in [-0.05, 0) is 96.4 Å². The molecule has 0 fully saturated rings. The summed E-state index contributed by atoms with van der Waals surface area (Å²) in [6.45, 7) is 1.82. The molecular formula is C45H28F6N6O6. The van der Waals surface area contributed by atoms with E-state index < -0.39 is 64.2 Å². The van der Waals surface area contributed by atoms with Gasteiger partial charge >= 0.3 is 12.4 Å². The molecule has 0 bridgehead atoms. The van der Waals surface area contributed by atoms with Crippen LogP contribution >= 0.6 is 0 Å². The van der Waals surface area contributed by atoms with E-state index in [0.717, 1.165) is 35.9 Å². The first-order valence-corrected chi connectivity index (χ1v) is 18.7. The molecule has 0 atom stereocenters. The van der Waals surface area contributed by atoms with Crippen molar-refractivity contribution >= 4 is 58.2 Å². The molecule has 2 aliphatic heterocycles. The number of nitrogens with two attached hydrogens (primary N) is 1. The van der Waals surface area contributed by atoms with Gasteiger partial charge in [0.05, 0.1) is 51.9 Å². The number of ketones is 1. The molecule has 0 saturated heterocycles. The van der Waals surface area contributed by atoms with Crippen molar-refractivity contribution < 1.29 is 55.1 Å². The van der Waals surface area contributed by atoms with Crippen molar-refractivity contribution in [3.63, 3.8) is 0 Å². The number of alkyl halides is 6. The van der Waals surface area contributed by atoms with Gasteiger partial charge in [0.15, 0.2) is 5.78 Å². The lowest BCUT2D eigenvalue weighted by atomic mass is 9.73. The van der Waals surface area contributed by atoms with Crippen LogP contribution in [0.4, 0.5) is 49.2 Å². The number of carbonyl (C=O) groups excluding carboxylic acids is 6. The van der Waals surface area contributed by atoms with Crippen LogP contribution in [-0.4, -0.2) is 57.6 Å². The second-order valence-electron chi connectivity index (χ2n) is 14.6. The number of nitrogens with zero attached hydrogens (tertiary/aromatic N) is 4. The van der Waals surface area contributed by atoms with E-state index in [1.807, 2.05) is 6.92 Å². The molecule has 3 N–H and O–H groups in total. The molecule has 0 saturated carbocycles. The van der Waals surface area contributed by atoms with Gasteiger partial charge in [-0.1, -0.05) is 36.4 Å². The van der Waals surface area contributed by atoms with E-state index in [1.54, 1.807) is 18.3 Å². The molecule has 12 nitrogen and oxygen atoms in total. The van der Waals surface area contributed by atoms with Crippen molar-refractivity contribution in [3.05, 3.63) is 177 Å². The number of halogens is 6. The molecule has 18 heteroatoms. The second kappa shape index (κ2) is 15.2. The van der Waals surface area contributed by atoms with Gasteiger partial charge in [0, 0.05) is 23.0 Å². The van der Waals surface area contributed by atoms with Gasteiger partial charge in [-0.2, -0.15) is 26.3 Å². The Bertz CT molecular complexity index is 2700. The van der Waals surface area contributed by atoms with Crippen molar-refractivity contribution in [3.8, 4) is 0 Å². The zero-order chi connectivity index (χ0) is 45.2. The highest BCUT2D eigenvalue weighted by Crippen LogP contribution is 2.56. The van der Waals surface area contributed by atoms with E-state index >= 15 is 26.3 Å². The van der Waals surface area contributed by atoms with Crippen LogP contribution in [0, 0.1) is 6.92 Å². The first-order valence-electron chi connectivity index (χ1n) is 18.7. The quantitative estimate of drug-likeness (QED) is 0.0829. The van der Waals surface area contributed by atoms with Gasteiger partial charge in [-0.15, -0.1) is 0 Å². The molecule has 0 unspecified atom stereocenters. The number of amides is 5. The topological polar surface area (TPSA) is 173 Å². The van der Waals surface area contributed by atoms with Crippen molar-refractivity contribution in [1.82, 2.24) is 9.97 Å². The molecule has 0 radical (unpaired) electrons. The smallest absolute Gasteiger partial charge is 0.397 e. The van der Waals surface area contributed by atoms with E-state index in [0.29, 0.717) is 45.4 Å². The van der Waals surface area contributed by atoms with E-state index in [4.69, 9.17) is 5.73 Å². The van der Waals surface area contributed by atoms with Crippen LogP contribution < -0.4 is 20.9 Å². The zero-order valence-corrected chi connectivity index (χ0v) is 32.3. The molecule has 316 valence electrons. The Labute approximate surface area is 352 Å². The summed E-state index contributed by atoms with van der Waals surface area (Å²) in [5, 5.41) is 2.50. The molecule has 2 aromatic heterocycles. The number of benzene rings is 4. The Hall–Kier alpha value is -8.02. The largest absolute Gasteiger partial charge is 0.411 e. The number of Topliss-reactive ketones (excluding diaryl/α,β-unsaturated/α-hetero) is 1. The maximum Gasteiger partial charge on any atom is 0.411 e. The van der Waals surface area contributed by atoms with E-state index in [1.165, 1.54) is 48.7 Å². The summed E-state index contributed by atoms with van der Waals surface area (Å²) in [5.41, 5.74) is -1.52. The maximum absolute atomic E-state index is 15.1. The number of imide groups is 2. The highest BCUT2D eigenvalue weighted by Gasteiger charge is 2.72. The van der Waals surface area contributed by atoms with Gasteiger partial charge in [-0.25, -0.2) is 14.8 Å². The van der Waals surface area contributed by atoms with Crippen molar-refractivity contribution in [2.45, 2.75) is 31.1 Å². The average Bonchev–Trinajstić information content (AvgIpc) is 3.65. The highest BCUT2D eigenvalue weighted by molar-refractivity contribution is 6.35. The fourth-order valence-corrected chi connectivity index (χ4v) is 7.51. The number of rotatable bonds is 9. The lowest BCUT2D eigenvalue weighted by Crippen LogP contribution is -2.54. The Balaban J connectivity index is 1.06. The normalized spacial score (nSPS) is 14.0. The summed E-state index contributed by atoms with van der Waals surface area (Å²) in [6.07, 6.45) is -9.34. The minimum Gasteiger partial charge on any atom is -0.397 e. The first-order chi connectivity index (χ1) is 29.8. The molecule has 8 rings (SSSR count). The fraction of sp³-hybridized carbons (Fsp3) is 0.111. The van der Waals surface area contributed by atoms with Gasteiger partial charge in [0.25, 0.3) is 29.5 Å². The van der Waals surface area contributed by atoms with Crippen LogP contribution in [0.15, 0.2) is 122 Å². The van der Waals surface area contributed by atoms with Gasteiger partial charge in [0.2, 0.25) is 5.41 Å². The first kappa shape index (κ1) is 41.7. The van der Waals surface area contributed by atoms with Crippen LogP contribution in [0.3, 0.4) is 0 Å². The molecule has 2 aliphatic rings. The van der Waals surface area contributed by atoms with Crippen LogP contribution in [0.1, 0.15) is 84.5 Å². The number of fused-ring (bicyclic) bond motifs is 2. The number of aromatic nitrogens is 2. The van der Waals surface area contributed by atoms with Crippen molar-refractivity contribution in [2.75, 3.05) is 20.9 Å². The number of hydrogen-bond donors (Lipinski definition) is 2. The predicted octanol–water partition coefficient (Wildman–Crippen LogP) is 8.06. The number of carbonyl (C=O) groups is 6. The summed E-state index contributed by atoms with van der Waals surface area (Å²) in [5.74, 6) is -4.82. The van der Waals surface area contributed by atoms with Gasteiger partial charge in [-0.3, -0.25) is 33.8 Å². The Morgan fingerprint density at radius 3 is 1.54 bits per heavy atom. The van der Waals surface area contributed by atoms with Crippen LogP contribution in [0.2, 0.25) is 0 Å². The number of anilines is 4. The number of aryl methyl sites for hydroxylation is 1. The Morgan fingerprint density at radius 1 is 0.587 bits per heavy atom. The van der Waals surface area contributed by atoms with Crippen LogP contribution in [0.25, 0.3) is 0 Å². The molecule has 4 heterocycles. The Kier molecular flexibility index (Phi) is 10.0. The zero-order valence-electron chi connectivity index (χ0n) is 32.3. The van der Waals surface area contributed by atoms with Crippen molar-refractivity contribution in [2.24, 2.45) is 0 Å². The van der Waals surface area contributed by atoms with Crippen molar-refractivity contribution in [1.29, 1.82) is 0 Å². The molecule has 6 aromatic rings. The number of nitrogens with one attached hydrogen (secondary N) is 1. The standard InChI is InChI=1S/C45H28F6N6O6/c1-23-2-10-29(53-21-23)20-36(58)24-3-15-32-34(18-24)41(62)56(39(32)60)30-11-5-26(6-12-30)43(44(46,47)48,45(49,50)51)27-7-13-31(14-8-27)57-40(61)33-16-4-25(19-35(33)42(57)63)38(59)55-37-17-9-28(52)22-54-37/h2-19,21-22H,20,52H2,1H3,(H,54,55,59). The third kappa shape index (κ3) is 7.04. The third-order valence-electron chi connectivity index (χ3n) is 10.7. The van der Waals surface area contributed by atoms with Crippen LogP contribution in [-0.2, 0) is 11.8 Å². The van der Waals surface area contributed by atoms with E-state index in [-0.39, 0.29) is 57.0 Å². The van der Waals surface area contributed by atoms with E-state index in [2.05, 4.69) is 15.3 Å². The van der Waals surface area contributed by atoms with E-state index in [9.17, 15) is 28.8 Å². The monoisotopic (exact) mass is 862 g/mol. The number of pyridine rings is 2. The summed E-state index contributed by atoms with van der Waals surface area (Å²) in [7, 11) is 0. The Morgan fingerprint density at radius 2 is 1.08 bits per heavy atom. The summed E-state index contributed by atoms with van der Waals surface area (Å²) in [6, 6.07) is 18.7. The lowest BCUT2D eigenvalue weighted by Gasteiger charge is -2.38. The summed E-state index contributed by atoms with van der Waals surface area (Å²) >= 11 is 0. The summed E-state index contributed by atoms with van der Waals surface area (Å²) in [4.78, 5) is 89.0.